The molecular weight excluding hydrogens is 371 g/mol. The molecule has 0 spiro atoms. The van der Waals surface area contributed by atoms with E-state index < -0.39 is 21.7 Å². The average Bonchev–Trinajstić information content (AvgIpc) is 2.56. The lowest BCUT2D eigenvalue weighted by molar-refractivity contribution is -0.116. The zero-order valence-corrected chi connectivity index (χ0v) is 16.3. The van der Waals surface area contributed by atoms with E-state index in [0.29, 0.717) is 17.0 Å². The van der Waals surface area contributed by atoms with Crippen molar-refractivity contribution >= 4 is 21.6 Å². The Morgan fingerprint density at radius 3 is 2.37 bits per heavy atom. The molecule has 0 aromatic heterocycles. The van der Waals surface area contributed by atoms with Crippen LogP contribution in [0.2, 0.25) is 0 Å². The van der Waals surface area contributed by atoms with Crippen molar-refractivity contribution in [2.45, 2.75) is 26.5 Å². The number of hydrogen-bond acceptors (Lipinski definition) is 4. The molecule has 0 fully saturated rings. The van der Waals surface area contributed by atoms with E-state index in [0.717, 1.165) is 10.6 Å². The summed E-state index contributed by atoms with van der Waals surface area (Å²) < 4.78 is 43.8. The number of carbonyl (C=O) groups is 1. The van der Waals surface area contributed by atoms with E-state index in [1.54, 1.807) is 24.3 Å². The van der Waals surface area contributed by atoms with Gasteiger partial charge in [-0.3, -0.25) is 4.79 Å². The summed E-state index contributed by atoms with van der Waals surface area (Å²) in [6, 6.07) is 12.4. The van der Waals surface area contributed by atoms with E-state index in [4.69, 9.17) is 4.74 Å². The molecule has 1 N–H and O–H groups in total. The van der Waals surface area contributed by atoms with Crippen LogP contribution in [0.3, 0.4) is 0 Å². The second kappa shape index (κ2) is 8.96. The Kier molecular flexibility index (Phi) is 6.92. The Morgan fingerprint density at radius 1 is 1.15 bits per heavy atom. The molecule has 0 atom stereocenters. The van der Waals surface area contributed by atoms with Gasteiger partial charge in [0.2, 0.25) is 15.9 Å². The molecule has 0 bridgehead atoms. The van der Waals surface area contributed by atoms with Gasteiger partial charge in [-0.25, -0.2) is 12.8 Å². The van der Waals surface area contributed by atoms with Crippen LogP contribution < -0.4 is 10.1 Å². The molecule has 0 aliphatic heterocycles. The topological polar surface area (TPSA) is 75.7 Å². The molecule has 2 aromatic carbocycles. The normalized spacial score (nSPS) is 11.6. The molecule has 0 saturated heterocycles. The van der Waals surface area contributed by atoms with Crippen molar-refractivity contribution in [1.29, 1.82) is 0 Å². The van der Waals surface area contributed by atoms with Crippen molar-refractivity contribution in [3.8, 4) is 5.75 Å². The number of amides is 1. The number of halogens is 1. The van der Waals surface area contributed by atoms with E-state index in [1.165, 1.54) is 24.3 Å². The molecule has 0 unspecified atom stereocenters. The van der Waals surface area contributed by atoms with Gasteiger partial charge in [0.15, 0.2) is 0 Å². The first-order chi connectivity index (χ1) is 12.6. The number of rotatable bonds is 8. The predicted octanol–water partition coefficient (Wildman–Crippen LogP) is 3.01. The minimum Gasteiger partial charge on any atom is -0.489 e. The largest absolute Gasteiger partial charge is 0.489 e. The maximum atomic E-state index is 13.0. The molecule has 8 heteroatoms. The second-order valence-corrected chi connectivity index (χ2v) is 8.35. The summed E-state index contributed by atoms with van der Waals surface area (Å²) in [4.78, 5) is 12.4. The van der Waals surface area contributed by atoms with E-state index in [-0.39, 0.29) is 19.2 Å². The summed E-state index contributed by atoms with van der Waals surface area (Å²) in [6.45, 7) is 3.34. The van der Waals surface area contributed by atoms with Gasteiger partial charge in [-0.1, -0.05) is 24.3 Å². The minimum absolute atomic E-state index is 0.0311. The fraction of sp³-hybridized carbons (Fsp3) is 0.316. The molecule has 0 aliphatic rings. The predicted molar refractivity (Wildman–Crippen MR) is 102 cm³/mol. The lowest BCUT2D eigenvalue weighted by Gasteiger charge is -2.20. The Hall–Kier alpha value is -2.45. The zero-order chi connectivity index (χ0) is 20.0. The summed E-state index contributed by atoms with van der Waals surface area (Å²) >= 11 is 0. The van der Waals surface area contributed by atoms with E-state index >= 15 is 0 Å². The summed E-state index contributed by atoms with van der Waals surface area (Å²) in [6.07, 6.45) is 0.952. The van der Waals surface area contributed by atoms with Crippen LogP contribution in [0.15, 0.2) is 48.5 Å². The standard InChI is InChI=1S/C19H23FN2O4S/c1-14(2)26-18-7-5-4-6-17(18)21-19(23)13-22(27(3,24)25)12-15-8-10-16(20)11-9-15/h4-11,14H,12-13H2,1-3H3,(H,21,23). The van der Waals surface area contributed by atoms with Gasteiger partial charge in [0.25, 0.3) is 0 Å². The quantitative estimate of drug-likeness (QED) is 0.747. The molecule has 6 nitrogen and oxygen atoms in total. The highest BCUT2D eigenvalue weighted by Crippen LogP contribution is 2.25. The van der Waals surface area contributed by atoms with Crippen LogP contribution in [0.25, 0.3) is 0 Å². The van der Waals surface area contributed by atoms with Crippen LogP contribution in [-0.2, 0) is 21.4 Å². The van der Waals surface area contributed by atoms with E-state index in [9.17, 15) is 17.6 Å². The highest BCUT2D eigenvalue weighted by molar-refractivity contribution is 7.88. The molecule has 1 amide bonds. The minimum atomic E-state index is -3.64. The average molecular weight is 394 g/mol. The number of sulfonamides is 1. The van der Waals surface area contributed by atoms with E-state index in [1.807, 2.05) is 13.8 Å². The molecule has 0 saturated carbocycles. The maximum absolute atomic E-state index is 13.0. The first-order valence-electron chi connectivity index (χ1n) is 8.40. The van der Waals surface area contributed by atoms with Crippen LogP contribution in [0, 0.1) is 5.82 Å². The van der Waals surface area contributed by atoms with Crippen molar-refractivity contribution in [3.63, 3.8) is 0 Å². The van der Waals surface area contributed by atoms with Crippen LogP contribution in [0.4, 0.5) is 10.1 Å². The maximum Gasteiger partial charge on any atom is 0.239 e. The van der Waals surface area contributed by atoms with Crippen molar-refractivity contribution in [3.05, 3.63) is 59.9 Å². The van der Waals surface area contributed by atoms with Gasteiger partial charge in [-0.2, -0.15) is 4.31 Å². The summed E-state index contributed by atoms with van der Waals surface area (Å²) in [5.74, 6) is -0.406. The molecule has 27 heavy (non-hydrogen) atoms. The Labute approximate surface area is 159 Å². The first kappa shape index (κ1) is 20.9. The van der Waals surface area contributed by atoms with Gasteiger partial charge in [0.1, 0.15) is 11.6 Å². The molecule has 0 aliphatic carbocycles. The molecular formula is C19H23FN2O4S. The van der Waals surface area contributed by atoms with Gasteiger partial charge in [-0.05, 0) is 43.7 Å². The third kappa shape index (κ3) is 6.65. The van der Waals surface area contributed by atoms with Crippen LogP contribution >= 0.6 is 0 Å². The fourth-order valence-corrected chi connectivity index (χ4v) is 3.10. The van der Waals surface area contributed by atoms with Crippen LogP contribution in [-0.4, -0.2) is 37.5 Å². The highest BCUT2D eigenvalue weighted by atomic mass is 32.2. The monoisotopic (exact) mass is 394 g/mol. The number of nitrogens with one attached hydrogen (secondary N) is 1. The van der Waals surface area contributed by atoms with Gasteiger partial charge in [0.05, 0.1) is 24.6 Å². The molecule has 146 valence electrons. The van der Waals surface area contributed by atoms with Gasteiger partial charge in [0, 0.05) is 6.54 Å². The lowest BCUT2D eigenvalue weighted by Crippen LogP contribution is -2.37. The van der Waals surface area contributed by atoms with Crippen molar-refractivity contribution in [2.24, 2.45) is 0 Å². The molecule has 2 aromatic rings. The third-order valence-corrected chi connectivity index (χ3v) is 4.78. The number of ether oxygens (including phenoxy) is 1. The smallest absolute Gasteiger partial charge is 0.239 e. The second-order valence-electron chi connectivity index (χ2n) is 6.37. The zero-order valence-electron chi connectivity index (χ0n) is 15.5. The Balaban J connectivity index is 2.12. The van der Waals surface area contributed by atoms with Crippen LogP contribution in [0.1, 0.15) is 19.4 Å². The van der Waals surface area contributed by atoms with Crippen molar-refractivity contribution in [2.75, 3.05) is 18.1 Å². The number of carbonyl (C=O) groups excluding carboxylic acids is 1. The third-order valence-electron chi connectivity index (χ3n) is 3.58. The van der Waals surface area contributed by atoms with Gasteiger partial charge >= 0.3 is 0 Å². The summed E-state index contributed by atoms with van der Waals surface area (Å²) in [5, 5.41) is 2.68. The Morgan fingerprint density at radius 2 is 1.78 bits per heavy atom. The number of para-hydroxylation sites is 2. The first-order valence-corrected chi connectivity index (χ1v) is 10.2. The van der Waals surface area contributed by atoms with Crippen molar-refractivity contribution in [1.82, 2.24) is 4.31 Å². The number of nitrogens with zero attached hydrogens (tertiary/aromatic N) is 1. The van der Waals surface area contributed by atoms with Gasteiger partial charge in [-0.15, -0.1) is 0 Å². The summed E-state index contributed by atoms with van der Waals surface area (Å²) in [7, 11) is -3.64. The van der Waals surface area contributed by atoms with Gasteiger partial charge < -0.3 is 10.1 Å². The fourth-order valence-electron chi connectivity index (χ4n) is 2.36. The van der Waals surface area contributed by atoms with Crippen molar-refractivity contribution < 1.29 is 22.3 Å². The lowest BCUT2D eigenvalue weighted by atomic mass is 10.2. The molecule has 0 radical (unpaired) electrons. The van der Waals surface area contributed by atoms with Crippen LogP contribution in [0.5, 0.6) is 5.75 Å². The summed E-state index contributed by atoms with van der Waals surface area (Å²) in [5.41, 5.74) is 1.05. The number of anilines is 1. The van der Waals surface area contributed by atoms with E-state index in [2.05, 4.69) is 5.32 Å². The molecule has 0 heterocycles. The highest BCUT2D eigenvalue weighted by Gasteiger charge is 2.21. The number of hydrogen-bond donors (Lipinski definition) is 1. The SMILES string of the molecule is CC(C)Oc1ccccc1NC(=O)CN(Cc1ccc(F)cc1)S(C)(=O)=O. The number of benzene rings is 2. The Bertz CT molecular complexity index is 883. The molecule has 2 rings (SSSR count).